The van der Waals surface area contributed by atoms with Crippen molar-refractivity contribution < 1.29 is 14.3 Å². The summed E-state index contributed by atoms with van der Waals surface area (Å²) in [6.07, 6.45) is 3.85. The van der Waals surface area contributed by atoms with E-state index in [1.165, 1.54) is 6.08 Å². The molecule has 0 radical (unpaired) electrons. The molecule has 132 valence electrons. The minimum atomic E-state index is -0.569. The van der Waals surface area contributed by atoms with Crippen molar-refractivity contribution in [3.05, 3.63) is 52.9 Å². The van der Waals surface area contributed by atoms with Gasteiger partial charge in [0, 0.05) is 30.1 Å². The fourth-order valence-electron chi connectivity index (χ4n) is 2.43. The van der Waals surface area contributed by atoms with E-state index in [4.69, 9.17) is 4.74 Å². The van der Waals surface area contributed by atoms with Crippen LogP contribution in [0, 0.1) is 13.8 Å². The van der Waals surface area contributed by atoms with E-state index in [-0.39, 0.29) is 12.5 Å². The molecular weight excluding hydrogens is 318 g/mol. The fraction of sp³-hybridized carbons (Fsp3) is 0.316. The van der Waals surface area contributed by atoms with Crippen LogP contribution in [0.3, 0.4) is 0 Å². The number of aromatic nitrogens is 2. The Morgan fingerprint density at radius 1 is 1.32 bits per heavy atom. The number of benzene rings is 1. The van der Waals surface area contributed by atoms with E-state index in [2.05, 4.69) is 10.4 Å². The van der Waals surface area contributed by atoms with Gasteiger partial charge in [-0.15, -0.1) is 0 Å². The van der Waals surface area contributed by atoms with Gasteiger partial charge < -0.3 is 10.1 Å². The van der Waals surface area contributed by atoms with Gasteiger partial charge in [0.05, 0.1) is 5.69 Å². The second-order valence-electron chi connectivity index (χ2n) is 5.75. The van der Waals surface area contributed by atoms with Crippen molar-refractivity contribution in [3.8, 4) is 0 Å². The molecule has 6 nitrogen and oxygen atoms in total. The first-order valence-corrected chi connectivity index (χ1v) is 8.14. The summed E-state index contributed by atoms with van der Waals surface area (Å²) in [5.74, 6) is -0.941. The number of aryl methyl sites for hydroxylation is 3. The third kappa shape index (κ3) is 5.04. The molecule has 0 aliphatic carbocycles. The number of ether oxygens (including phenoxy) is 1. The first kappa shape index (κ1) is 18.4. The predicted molar refractivity (Wildman–Crippen MR) is 97.1 cm³/mol. The van der Waals surface area contributed by atoms with E-state index < -0.39 is 5.97 Å². The number of carbonyl (C=O) groups is 2. The van der Waals surface area contributed by atoms with E-state index in [1.807, 2.05) is 46.0 Å². The van der Waals surface area contributed by atoms with Crippen LogP contribution in [0.5, 0.6) is 0 Å². The van der Waals surface area contributed by atoms with E-state index in [0.29, 0.717) is 5.69 Å². The molecule has 0 aliphatic heterocycles. The number of nitrogens with one attached hydrogen (secondary N) is 1. The first-order chi connectivity index (χ1) is 11.9. The average molecular weight is 341 g/mol. The largest absolute Gasteiger partial charge is 0.452 e. The summed E-state index contributed by atoms with van der Waals surface area (Å²) in [7, 11) is 1.84. The molecule has 2 aromatic rings. The molecular formula is C19H23N3O3. The lowest BCUT2D eigenvalue weighted by Gasteiger charge is -2.06. The average Bonchev–Trinajstić information content (AvgIpc) is 2.83. The molecule has 1 aromatic carbocycles. The predicted octanol–water partition coefficient (Wildman–Crippen LogP) is 2.79. The maximum atomic E-state index is 11.9. The SMILES string of the molecule is CCc1cccc(NC(=O)COC(=O)/C=C/c2c(C)nn(C)c2C)c1. The van der Waals surface area contributed by atoms with Gasteiger partial charge >= 0.3 is 5.97 Å². The van der Waals surface area contributed by atoms with Gasteiger partial charge in [-0.25, -0.2) is 4.79 Å². The van der Waals surface area contributed by atoms with E-state index in [0.717, 1.165) is 28.9 Å². The highest BCUT2D eigenvalue weighted by Gasteiger charge is 2.08. The highest BCUT2D eigenvalue weighted by molar-refractivity contribution is 5.94. The van der Waals surface area contributed by atoms with E-state index >= 15 is 0 Å². The second kappa shape index (κ2) is 8.28. The summed E-state index contributed by atoms with van der Waals surface area (Å²) < 4.78 is 6.72. The highest BCUT2D eigenvalue weighted by Crippen LogP contribution is 2.14. The molecule has 1 aromatic heterocycles. The quantitative estimate of drug-likeness (QED) is 0.648. The van der Waals surface area contributed by atoms with Crippen LogP contribution >= 0.6 is 0 Å². The zero-order chi connectivity index (χ0) is 18.4. The summed E-state index contributed by atoms with van der Waals surface area (Å²) in [6.45, 7) is 5.50. The Balaban J connectivity index is 1.86. The third-order valence-corrected chi connectivity index (χ3v) is 3.92. The van der Waals surface area contributed by atoms with E-state index in [1.54, 1.807) is 16.8 Å². The molecule has 1 amide bonds. The van der Waals surface area contributed by atoms with Crippen LogP contribution in [0.1, 0.15) is 29.4 Å². The Morgan fingerprint density at radius 2 is 2.08 bits per heavy atom. The molecule has 0 bridgehead atoms. The topological polar surface area (TPSA) is 73.2 Å². The Morgan fingerprint density at radius 3 is 2.72 bits per heavy atom. The first-order valence-electron chi connectivity index (χ1n) is 8.14. The maximum Gasteiger partial charge on any atom is 0.331 e. The molecule has 0 saturated carbocycles. The number of anilines is 1. The molecule has 2 rings (SSSR count). The van der Waals surface area contributed by atoms with Crippen molar-refractivity contribution in [2.75, 3.05) is 11.9 Å². The Kier molecular flexibility index (Phi) is 6.11. The molecule has 0 aliphatic rings. The lowest BCUT2D eigenvalue weighted by atomic mass is 10.1. The summed E-state index contributed by atoms with van der Waals surface area (Å²) in [4.78, 5) is 23.7. The second-order valence-corrected chi connectivity index (χ2v) is 5.75. The van der Waals surface area contributed by atoms with Crippen LogP contribution in [0.15, 0.2) is 30.3 Å². The van der Waals surface area contributed by atoms with Gasteiger partial charge in [-0.2, -0.15) is 5.10 Å². The van der Waals surface area contributed by atoms with Crippen molar-refractivity contribution in [2.45, 2.75) is 27.2 Å². The van der Waals surface area contributed by atoms with Crippen molar-refractivity contribution in [3.63, 3.8) is 0 Å². The standard InChI is InChI=1S/C19H23N3O3/c1-5-15-7-6-8-16(11-15)20-18(23)12-25-19(24)10-9-17-13(2)21-22(4)14(17)3/h6-11H,5,12H2,1-4H3,(H,20,23)/b10-9+. The molecule has 0 unspecified atom stereocenters. The van der Waals surface area contributed by atoms with Gasteiger partial charge in [-0.1, -0.05) is 19.1 Å². The zero-order valence-corrected chi connectivity index (χ0v) is 15.0. The lowest BCUT2D eigenvalue weighted by molar-refractivity contribution is -0.142. The number of amides is 1. The smallest absolute Gasteiger partial charge is 0.331 e. The van der Waals surface area contributed by atoms with Crippen LogP contribution in [0.2, 0.25) is 0 Å². The van der Waals surface area contributed by atoms with Gasteiger partial charge in [0.2, 0.25) is 0 Å². The van der Waals surface area contributed by atoms with Crippen LogP contribution in [-0.2, 0) is 27.8 Å². The van der Waals surface area contributed by atoms with Crippen LogP contribution in [0.25, 0.3) is 6.08 Å². The number of hydrogen-bond donors (Lipinski definition) is 1. The Hall–Kier alpha value is -2.89. The number of esters is 1. The van der Waals surface area contributed by atoms with E-state index in [9.17, 15) is 9.59 Å². The molecule has 1 heterocycles. The zero-order valence-electron chi connectivity index (χ0n) is 15.0. The van der Waals surface area contributed by atoms with Gasteiger partial charge in [0.25, 0.3) is 5.91 Å². The summed E-state index contributed by atoms with van der Waals surface area (Å²) in [5, 5.41) is 6.99. The molecule has 1 N–H and O–H groups in total. The fourth-order valence-corrected chi connectivity index (χ4v) is 2.43. The third-order valence-electron chi connectivity index (χ3n) is 3.92. The summed E-state index contributed by atoms with van der Waals surface area (Å²) in [5.41, 5.74) is 4.48. The maximum absolute atomic E-state index is 11.9. The molecule has 25 heavy (non-hydrogen) atoms. The lowest BCUT2D eigenvalue weighted by Crippen LogP contribution is -2.20. The summed E-state index contributed by atoms with van der Waals surface area (Å²) in [6, 6.07) is 7.56. The summed E-state index contributed by atoms with van der Waals surface area (Å²) >= 11 is 0. The van der Waals surface area contributed by atoms with Gasteiger partial charge in [-0.05, 0) is 44.0 Å². The molecule has 0 saturated heterocycles. The number of carbonyl (C=O) groups excluding carboxylic acids is 2. The van der Waals surface area contributed by atoms with Crippen LogP contribution < -0.4 is 5.32 Å². The minimum Gasteiger partial charge on any atom is -0.452 e. The monoisotopic (exact) mass is 341 g/mol. The van der Waals surface area contributed by atoms with Crippen LogP contribution in [0.4, 0.5) is 5.69 Å². The molecule has 0 fully saturated rings. The molecule has 0 spiro atoms. The van der Waals surface area contributed by atoms with Gasteiger partial charge in [0.1, 0.15) is 0 Å². The molecule has 0 atom stereocenters. The Labute approximate surface area is 147 Å². The minimum absolute atomic E-state index is 0.329. The number of hydrogen-bond acceptors (Lipinski definition) is 4. The normalized spacial score (nSPS) is 10.9. The van der Waals surface area contributed by atoms with Gasteiger partial charge in [0.15, 0.2) is 6.61 Å². The molecule has 6 heteroatoms. The number of nitrogens with zero attached hydrogens (tertiary/aromatic N) is 2. The van der Waals surface area contributed by atoms with Crippen LogP contribution in [-0.4, -0.2) is 28.3 Å². The Bertz CT molecular complexity index is 806. The van der Waals surface area contributed by atoms with Crippen molar-refractivity contribution in [1.29, 1.82) is 0 Å². The number of rotatable bonds is 6. The van der Waals surface area contributed by atoms with Crippen molar-refractivity contribution >= 4 is 23.6 Å². The van der Waals surface area contributed by atoms with Crippen molar-refractivity contribution in [1.82, 2.24) is 9.78 Å². The van der Waals surface area contributed by atoms with Crippen molar-refractivity contribution in [2.24, 2.45) is 7.05 Å². The highest BCUT2D eigenvalue weighted by atomic mass is 16.5. The van der Waals surface area contributed by atoms with Gasteiger partial charge in [-0.3, -0.25) is 9.48 Å².